The van der Waals surface area contributed by atoms with Crippen molar-refractivity contribution in [2.75, 3.05) is 16.3 Å². The van der Waals surface area contributed by atoms with Gasteiger partial charge in [-0.25, -0.2) is 4.79 Å². The highest BCUT2D eigenvalue weighted by atomic mass is 16.2. The van der Waals surface area contributed by atoms with Crippen LogP contribution in [-0.2, 0) is 0 Å². The average molecular weight is 331 g/mol. The van der Waals surface area contributed by atoms with Gasteiger partial charge in [0, 0.05) is 29.2 Å². The van der Waals surface area contributed by atoms with E-state index in [4.69, 9.17) is 0 Å². The second-order valence-electron chi connectivity index (χ2n) is 5.70. The van der Waals surface area contributed by atoms with Gasteiger partial charge in [-0.3, -0.25) is 19.6 Å². The van der Waals surface area contributed by atoms with Crippen molar-refractivity contribution in [3.8, 4) is 6.07 Å². The number of anilines is 2. The van der Waals surface area contributed by atoms with Crippen LogP contribution in [0.5, 0.6) is 0 Å². The van der Waals surface area contributed by atoms with Crippen LogP contribution in [0.15, 0.2) is 59.8 Å². The van der Waals surface area contributed by atoms with Gasteiger partial charge >= 0.3 is 6.03 Å². The Hall–Kier alpha value is -3.66. The monoisotopic (exact) mass is 331 g/mol. The van der Waals surface area contributed by atoms with E-state index < -0.39 is 6.04 Å². The third kappa shape index (κ3) is 2.40. The molecule has 3 aromatic rings. The Labute approximate surface area is 142 Å². The number of hydrogen-bond acceptors (Lipinski definition) is 4. The fourth-order valence-electron chi connectivity index (χ4n) is 3.04. The van der Waals surface area contributed by atoms with Crippen LogP contribution in [0.1, 0.15) is 0 Å². The van der Waals surface area contributed by atoms with Gasteiger partial charge in [-0.05, 0) is 6.07 Å². The average Bonchev–Trinajstić information content (AvgIpc) is 2.98. The lowest BCUT2D eigenvalue weighted by Crippen LogP contribution is -2.34. The first-order chi connectivity index (χ1) is 12.2. The molecule has 1 atom stereocenters. The predicted octanol–water partition coefficient (Wildman–Crippen LogP) is 2.26. The molecule has 1 saturated heterocycles. The molecule has 25 heavy (non-hydrogen) atoms. The number of benzene rings is 1. The summed E-state index contributed by atoms with van der Waals surface area (Å²) in [5.41, 5.74) is 0.893. The van der Waals surface area contributed by atoms with E-state index in [1.807, 2.05) is 24.3 Å². The number of rotatable bonds is 2. The molecule has 1 aromatic carbocycles. The summed E-state index contributed by atoms with van der Waals surface area (Å²) in [5.74, 6) is 0. The van der Waals surface area contributed by atoms with Gasteiger partial charge in [-0.15, -0.1) is 0 Å². The summed E-state index contributed by atoms with van der Waals surface area (Å²) in [6, 6.07) is 11.7. The molecular weight excluding hydrogens is 318 g/mol. The number of carbonyl (C=O) groups is 1. The van der Waals surface area contributed by atoms with Gasteiger partial charge < -0.3 is 4.98 Å². The minimum atomic E-state index is -0.646. The Morgan fingerprint density at radius 3 is 2.76 bits per heavy atom. The zero-order valence-corrected chi connectivity index (χ0v) is 13.1. The maximum Gasteiger partial charge on any atom is 0.330 e. The maximum atomic E-state index is 13.0. The van der Waals surface area contributed by atoms with Crippen LogP contribution in [0.25, 0.3) is 10.8 Å². The molecule has 1 unspecified atom stereocenters. The number of carbonyl (C=O) groups excluding carboxylic acids is 1. The Kier molecular flexibility index (Phi) is 3.43. The van der Waals surface area contributed by atoms with Crippen molar-refractivity contribution in [1.29, 1.82) is 5.26 Å². The Morgan fingerprint density at radius 1 is 1.16 bits per heavy atom. The van der Waals surface area contributed by atoms with Gasteiger partial charge in [0.1, 0.15) is 6.04 Å². The van der Waals surface area contributed by atoms with Crippen molar-refractivity contribution in [3.05, 3.63) is 65.3 Å². The number of nitrogens with one attached hydrogen (secondary N) is 1. The number of aromatic amines is 1. The van der Waals surface area contributed by atoms with Gasteiger partial charge in [0.15, 0.2) is 0 Å². The molecule has 122 valence electrons. The minimum absolute atomic E-state index is 0.213. The molecule has 0 bridgehead atoms. The van der Waals surface area contributed by atoms with Crippen molar-refractivity contribution < 1.29 is 4.79 Å². The molecule has 2 aromatic heterocycles. The molecule has 4 rings (SSSR count). The second-order valence-corrected chi connectivity index (χ2v) is 5.70. The Bertz CT molecular complexity index is 1040. The summed E-state index contributed by atoms with van der Waals surface area (Å²) < 4.78 is 0. The number of amides is 2. The molecule has 7 heteroatoms. The van der Waals surface area contributed by atoms with Crippen LogP contribution < -0.4 is 15.4 Å². The van der Waals surface area contributed by atoms with Crippen molar-refractivity contribution in [3.63, 3.8) is 0 Å². The van der Waals surface area contributed by atoms with E-state index >= 15 is 0 Å². The highest BCUT2D eigenvalue weighted by Gasteiger charge is 2.40. The molecule has 2 amide bonds. The third-order valence-electron chi connectivity index (χ3n) is 4.24. The zero-order valence-electron chi connectivity index (χ0n) is 13.1. The molecule has 1 aliphatic rings. The first-order valence-corrected chi connectivity index (χ1v) is 7.71. The molecule has 1 aliphatic heterocycles. The standard InChI is InChI=1S/C18H13N5O2/c19-7-14-11-22(13-5-6-17(24)21-9-13)18(25)23(14)16-10-20-8-12-3-1-2-4-15(12)16/h1-6,8-10,14H,11H2,(H,21,24). The van der Waals surface area contributed by atoms with Crippen LogP contribution in [0.3, 0.4) is 0 Å². The smallest absolute Gasteiger partial charge is 0.327 e. The van der Waals surface area contributed by atoms with Gasteiger partial charge in [0.25, 0.3) is 0 Å². The summed E-state index contributed by atoms with van der Waals surface area (Å²) in [4.78, 5) is 33.9. The summed E-state index contributed by atoms with van der Waals surface area (Å²) in [5, 5.41) is 11.3. The fraction of sp³-hybridized carbons (Fsp3) is 0.111. The second kappa shape index (κ2) is 5.76. The van der Waals surface area contributed by atoms with Gasteiger partial charge in [0.05, 0.1) is 30.2 Å². The number of nitriles is 1. The number of nitrogens with zero attached hydrogens (tertiary/aromatic N) is 4. The lowest BCUT2D eigenvalue weighted by atomic mass is 10.1. The Morgan fingerprint density at radius 2 is 2.00 bits per heavy atom. The number of pyridine rings is 2. The van der Waals surface area contributed by atoms with E-state index in [0.29, 0.717) is 11.4 Å². The molecule has 0 saturated carbocycles. The Balaban J connectivity index is 1.81. The van der Waals surface area contributed by atoms with Crippen LogP contribution in [-0.4, -0.2) is 28.6 Å². The van der Waals surface area contributed by atoms with Gasteiger partial charge in [-0.1, -0.05) is 24.3 Å². The van der Waals surface area contributed by atoms with Crippen LogP contribution in [0.2, 0.25) is 0 Å². The van der Waals surface area contributed by atoms with Crippen molar-refractivity contribution in [2.24, 2.45) is 0 Å². The largest absolute Gasteiger partial charge is 0.330 e. The van der Waals surface area contributed by atoms with Crippen LogP contribution in [0.4, 0.5) is 16.2 Å². The number of H-pyrrole nitrogens is 1. The van der Waals surface area contributed by atoms with Gasteiger partial charge in [-0.2, -0.15) is 5.26 Å². The normalized spacial score (nSPS) is 17.1. The van der Waals surface area contributed by atoms with E-state index in [0.717, 1.165) is 10.8 Å². The quantitative estimate of drug-likeness (QED) is 0.779. The van der Waals surface area contributed by atoms with E-state index in [2.05, 4.69) is 16.0 Å². The van der Waals surface area contributed by atoms with Crippen molar-refractivity contribution in [2.45, 2.75) is 6.04 Å². The van der Waals surface area contributed by atoms with E-state index in [1.54, 1.807) is 18.5 Å². The zero-order chi connectivity index (χ0) is 17.4. The third-order valence-corrected chi connectivity index (χ3v) is 4.24. The molecule has 1 fully saturated rings. The number of fused-ring (bicyclic) bond motifs is 1. The van der Waals surface area contributed by atoms with Gasteiger partial charge in [0.2, 0.25) is 5.56 Å². The fourth-order valence-corrected chi connectivity index (χ4v) is 3.04. The summed E-state index contributed by atoms with van der Waals surface area (Å²) in [6.07, 6.45) is 4.79. The van der Waals surface area contributed by atoms with E-state index in [9.17, 15) is 14.9 Å². The minimum Gasteiger partial charge on any atom is -0.327 e. The van der Waals surface area contributed by atoms with Crippen molar-refractivity contribution in [1.82, 2.24) is 9.97 Å². The lowest BCUT2D eigenvalue weighted by Gasteiger charge is -2.20. The van der Waals surface area contributed by atoms with Crippen molar-refractivity contribution >= 4 is 28.2 Å². The molecule has 1 N–H and O–H groups in total. The van der Waals surface area contributed by atoms with Crippen LogP contribution in [0, 0.1) is 11.3 Å². The molecule has 0 radical (unpaired) electrons. The maximum absolute atomic E-state index is 13.0. The summed E-state index contributed by atoms with van der Waals surface area (Å²) in [7, 11) is 0. The summed E-state index contributed by atoms with van der Waals surface area (Å²) >= 11 is 0. The number of urea groups is 1. The topological polar surface area (TPSA) is 93.1 Å². The predicted molar refractivity (Wildman–Crippen MR) is 93.4 cm³/mol. The highest BCUT2D eigenvalue weighted by molar-refractivity contribution is 6.11. The molecule has 3 heterocycles. The van der Waals surface area contributed by atoms with E-state index in [1.165, 1.54) is 22.1 Å². The highest BCUT2D eigenvalue weighted by Crippen LogP contribution is 2.32. The number of hydrogen-bond donors (Lipinski definition) is 1. The number of aromatic nitrogens is 2. The molecular formula is C18H13N5O2. The molecule has 0 aliphatic carbocycles. The first-order valence-electron chi connectivity index (χ1n) is 7.71. The first kappa shape index (κ1) is 14.9. The van der Waals surface area contributed by atoms with E-state index in [-0.39, 0.29) is 18.1 Å². The van der Waals surface area contributed by atoms with Crippen LogP contribution >= 0.6 is 0 Å². The molecule has 0 spiro atoms. The summed E-state index contributed by atoms with van der Waals surface area (Å²) in [6.45, 7) is 0.213. The lowest BCUT2D eigenvalue weighted by molar-refractivity contribution is 0.255. The molecule has 7 nitrogen and oxygen atoms in total. The SMILES string of the molecule is N#CC1CN(c2ccc(=O)[nH]c2)C(=O)N1c1cncc2ccccc12.